The maximum Gasteiger partial charge on any atom is 0.251 e. The van der Waals surface area contributed by atoms with Crippen molar-refractivity contribution in [3.63, 3.8) is 0 Å². The standard InChI is InChI=1S/C18H18FNO2/c1-12-3-5-14-11-15(19)6-9-17(14)20(12)18(21)10-8-16-7-4-13(2)22-16/h4,6-12H,3,5H2,1-2H3/b10-8+. The van der Waals surface area contributed by atoms with Crippen molar-refractivity contribution in [2.24, 2.45) is 0 Å². The molecule has 0 radical (unpaired) electrons. The second-order valence-corrected chi connectivity index (χ2v) is 5.65. The van der Waals surface area contributed by atoms with Gasteiger partial charge in [0.2, 0.25) is 0 Å². The van der Waals surface area contributed by atoms with Gasteiger partial charge in [-0.3, -0.25) is 4.79 Å². The van der Waals surface area contributed by atoms with Gasteiger partial charge in [-0.25, -0.2) is 4.39 Å². The molecule has 4 heteroatoms. The van der Waals surface area contributed by atoms with Crippen LogP contribution >= 0.6 is 0 Å². The summed E-state index contributed by atoms with van der Waals surface area (Å²) in [7, 11) is 0. The molecule has 1 unspecified atom stereocenters. The second-order valence-electron chi connectivity index (χ2n) is 5.65. The van der Waals surface area contributed by atoms with Crippen LogP contribution < -0.4 is 4.90 Å². The molecule has 0 fully saturated rings. The quantitative estimate of drug-likeness (QED) is 0.782. The summed E-state index contributed by atoms with van der Waals surface area (Å²) >= 11 is 0. The zero-order valence-electron chi connectivity index (χ0n) is 12.7. The summed E-state index contributed by atoms with van der Waals surface area (Å²) in [6, 6.07) is 8.36. The lowest BCUT2D eigenvalue weighted by Crippen LogP contribution is -2.41. The van der Waals surface area contributed by atoms with Crippen molar-refractivity contribution < 1.29 is 13.6 Å². The van der Waals surface area contributed by atoms with Gasteiger partial charge in [-0.05, 0) is 68.7 Å². The van der Waals surface area contributed by atoms with Gasteiger partial charge in [0.05, 0.1) is 0 Å². The lowest BCUT2D eigenvalue weighted by Gasteiger charge is -2.34. The minimum absolute atomic E-state index is 0.0912. The van der Waals surface area contributed by atoms with Gasteiger partial charge in [0.1, 0.15) is 17.3 Å². The highest BCUT2D eigenvalue weighted by Gasteiger charge is 2.27. The van der Waals surface area contributed by atoms with Crippen molar-refractivity contribution in [3.8, 4) is 0 Å². The number of anilines is 1. The van der Waals surface area contributed by atoms with Gasteiger partial charge in [0, 0.05) is 17.8 Å². The highest BCUT2D eigenvalue weighted by atomic mass is 19.1. The molecule has 3 nitrogen and oxygen atoms in total. The Labute approximate surface area is 129 Å². The van der Waals surface area contributed by atoms with Crippen LogP contribution in [0.15, 0.2) is 40.8 Å². The molecular formula is C18H18FNO2. The van der Waals surface area contributed by atoms with Gasteiger partial charge >= 0.3 is 0 Å². The summed E-state index contributed by atoms with van der Waals surface area (Å²) in [6.07, 6.45) is 4.79. The number of aryl methyl sites for hydroxylation is 2. The molecule has 0 saturated heterocycles. The van der Waals surface area contributed by atoms with Gasteiger partial charge in [-0.2, -0.15) is 0 Å². The van der Waals surface area contributed by atoms with E-state index in [-0.39, 0.29) is 17.8 Å². The van der Waals surface area contributed by atoms with E-state index >= 15 is 0 Å². The molecule has 0 bridgehead atoms. The average molecular weight is 299 g/mol. The van der Waals surface area contributed by atoms with Gasteiger partial charge in [0.15, 0.2) is 0 Å². The van der Waals surface area contributed by atoms with Crippen LogP contribution in [0.5, 0.6) is 0 Å². The van der Waals surface area contributed by atoms with Crippen LogP contribution in [-0.4, -0.2) is 11.9 Å². The minimum Gasteiger partial charge on any atom is -0.462 e. The third kappa shape index (κ3) is 2.82. The first kappa shape index (κ1) is 14.6. The highest BCUT2D eigenvalue weighted by Crippen LogP contribution is 2.31. The van der Waals surface area contributed by atoms with Crippen LogP contribution in [-0.2, 0) is 11.2 Å². The summed E-state index contributed by atoms with van der Waals surface area (Å²) in [4.78, 5) is 14.3. The molecule has 1 amide bonds. The van der Waals surface area contributed by atoms with Crippen LogP contribution in [0.3, 0.4) is 0 Å². The average Bonchev–Trinajstić information content (AvgIpc) is 2.90. The van der Waals surface area contributed by atoms with E-state index in [0.29, 0.717) is 5.76 Å². The first-order valence-corrected chi connectivity index (χ1v) is 7.41. The number of hydrogen-bond donors (Lipinski definition) is 0. The van der Waals surface area contributed by atoms with Crippen molar-refractivity contribution in [1.82, 2.24) is 0 Å². The number of amides is 1. The summed E-state index contributed by atoms with van der Waals surface area (Å²) in [5.41, 5.74) is 1.68. The molecule has 2 aromatic rings. The molecule has 0 N–H and O–H groups in total. The van der Waals surface area contributed by atoms with Crippen molar-refractivity contribution >= 4 is 17.7 Å². The van der Waals surface area contributed by atoms with Crippen molar-refractivity contribution in [2.75, 3.05) is 4.90 Å². The molecule has 2 heterocycles. The van der Waals surface area contributed by atoms with E-state index in [0.717, 1.165) is 29.9 Å². The molecule has 1 aliphatic rings. The number of furan rings is 1. The van der Waals surface area contributed by atoms with Crippen LogP contribution in [0.25, 0.3) is 6.08 Å². The number of fused-ring (bicyclic) bond motifs is 1. The third-order valence-corrected chi connectivity index (χ3v) is 3.96. The topological polar surface area (TPSA) is 33.5 Å². The smallest absolute Gasteiger partial charge is 0.251 e. The predicted molar refractivity (Wildman–Crippen MR) is 84.1 cm³/mol. The molecule has 1 atom stereocenters. The van der Waals surface area contributed by atoms with Gasteiger partial charge in [-0.15, -0.1) is 0 Å². The number of halogens is 1. The molecule has 1 aromatic carbocycles. The first-order chi connectivity index (χ1) is 10.5. The Morgan fingerprint density at radius 2 is 2.18 bits per heavy atom. The number of carbonyl (C=O) groups excluding carboxylic acids is 1. The first-order valence-electron chi connectivity index (χ1n) is 7.41. The monoisotopic (exact) mass is 299 g/mol. The minimum atomic E-state index is -0.262. The Hall–Kier alpha value is -2.36. The maximum absolute atomic E-state index is 13.4. The van der Waals surface area contributed by atoms with E-state index in [2.05, 4.69) is 0 Å². The number of rotatable bonds is 2. The number of carbonyl (C=O) groups is 1. The molecule has 0 aliphatic carbocycles. The summed E-state index contributed by atoms with van der Waals surface area (Å²) in [5, 5.41) is 0. The lowest BCUT2D eigenvalue weighted by molar-refractivity contribution is -0.114. The van der Waals surface area contributed by atoms with E-state index in [4.69, 9.17) is 4.42 Å². The van der Waals surface area contributed by atoms with Crippen molar-refractivity contribution in [1.29, 1.82) is 0 Å². The zero-order chi connectivity index (χ0) is 15.7. The summed E-state index contributed by atoms with van der Waals surface area (Å²) in [6.45, 7) is 3.87. The van der Waals surface area contributed by atoms with Crippen LogP contribution in [0.2, 0.25) is 0 Å². The van der Waals surface area contributed by atoms with E-state index in [1.165, 1.54) is 18.2 Å². The van der Waals surface area contributed by atoms with E-state index in [1.807, 2.05) is 26.0 Å². The van der Waals surface area contributed by atoms with Crippen molar-refractivity contribution in [2.45, 2.75) is 32.7 Å². The maximum atomic E-state index is 13.4. The Morgan fingerprint density at radius 1 is 1.36 bits per heavy atom. The van der Waals surface area contributed by atoms with Crippen LogP contribution in [0.4, 0.5) is 10.1 Å². The molecule has 22 heavy (non-hydrogen) atoms. The zero-order valence-corrected chi connectivity index (χ0v) is 12.7. The fourth-order valence-corrected chi connectivity index (χ4v) is 2.83. The second kappa shape index (κ2) is 5.79. The molecule has 3 rings (SSSR count). The Morgan fingerprint density at radius 3 is 2.91 bits per heavy atom. The van der Waals surface area contributed by atoms with E-state index in [9.17, 15) is 9.18 Å². The SMILES string of the molecule is Cc1ccc(/C=C/C(=O)N2c3ccc(F)cc3CCC2C)o1. The third-order valence-electron chi connectivity index (χ3n) is 3.96. The van der Waals surface area contributed by atoms with Crippen LogP contribution in [0.1, 0.15) is 30.4 Å². The Balaban J connectivity index is 1.87. The summed E-state index contributed by atoms with van der Waals surface area (Å²) in [5.74, 6) is 1.07. The molecule has 0 saturated carbocycles. The molecule has 0 spiro atoms. The molecular weight excluding hydrogens is 281 g/mol. The fourth-order valence-electron chi connectivity index (χ4n) is 2.83. The predicted octanol–water partition coefficient (Wildman–Crippen LogP) is 4.11. The number of benzene rings is 1. The van der Waals surface area contributed by atoms with Gasteiger partial charge in [-0.1, -0.05) is 0 Å². The summed E-state index contributed by atoms with van der Waals surface area (Å²) < 4.78 is 18.8. The van der Waals surface area contributed by atoms with Gasteiger partial charge in [0.25, 0.3) is 5.91 Å². The van der Waals surface area contributed by atoms with Crippen molar-refractivity contribution in [3.05, 3.63) is 59.3 Å². The van der Waals surface area contributed by atoms with Crippen LogP contribution in [0, 0.1) is 12.7 Å². The van der Waals surface area contributed by atoms with E-state index in [1.54, 1.807) is 17.0 Å². The highest BCUT2D eigenvalue weighted by molar-refractivity contribution is 6.04. The Bertz CT molecular complexity index is 732. The largest absolute Gasteiger partial charge is 0.462 e. The fraction of sp³-hybridized carbons (Fsp3) is 0.278. The van der Waals surface area contributed by atoms with E-state index < -0.39 is 0 Å². The lowest BCUT2D eigenvalue weighted by atomic mass is 9.96. The molecule has 1 aromatic heterocycles. The molecule has 114 valence electrons. The Kier molecular flexibility index (Phi) is 3.84. The molecule has 1 aliphatic heterocycles. The van der Waals surface area contributed by atoms with Gasteiger partial charge < -0.3 is 9.32 Å². The number of nitrogens with zero attached hydrogens (tertiary/aromatic N) is 1. The normalized spacial score (nSPS) is 17.8. The number of hydrogen-bond acceptors (Lipinski definition) is 2.